The molecule has 0 bridgehead atoms. The number of rotatable bonds is 2. The van der Waals surface area contributed by atoms with Gasteiger partial charge in [-0.2, -0.15) is 0 Å². The molecule has 2 aromatic carbocycles. The predicted molar refractivity (Wildman–Crippen MR) is 77.9 cm³/mol. The molecule has 0 amide bonds. The molecule has 0 aliphatic carbocycles. The highest BCUT2D eigenvalue weighted by Gasteiger charge is 2.23. The number of ether oxygens (including phenoxy) is 2. The number of halogens is 1. The van der Waals surface area contributed by atoms with Gasteiger partial charge >= 0.3 is 0 Å². The van der Waals surface area contributed by atoms with Crippen molar-refractivity contribution in [3.8, 4) is 11.5 Å². The van der Waals surface area contributed by atoms with Gasteiger partial charge in [-0.1, -0.05) is 29.8 Å². The van der Waals surface area contributed by atoms with Crippen LogP contribution in [0.2, 0.25) is 5.02 Å². The molecule has 5 heteroatoms. The van der Waals surface area contributed by atoms with E-state index in [9.17, 15) is 5.11 Å². The molecule has 3 aromatic rings. The van der Waals surface area contributed by atoms with Gasteiger partial charge in [0.2, 0.25) is 6.79 Å². The Balaban J connectivity index is 1.77. The largest absolute Gasteiger partial charge is 0.458 e. The van der Waals surface area contributed by atoms with Crippen molar-refractivity contribution in [3.05, 3.63) is 58.8 Å². The van der Waals surface area contributed by atoms with E-state index in [1.165, 1.54) is 0 Å². The van der Waals surface area contributed by atoms with Crippen molar-refractivity contribution in [2.45, 2.75) is 6.10 Å². The number of furan rings is 1. The topological polar surface area (TPSA) is 51.8 Å². The minimum atomic E-state index is -0.913. The normalized spacial score (nSPS) is 14.6. The minimum Gasteiger partial charge on any atom is -0.458 e. The first-order chi connectivity index (χ1) is 10.2. The molecule has 0 saturated heterocycles. The summed E-state index contributed by atoms with van der Waals surface area (Å²) in [6.07, 6.45) is -0.913. The summed E-state index contributed by atoms with van der Waals surface area (Å²) in [7, 11) is 0. The zero-order valence-corrected chi connectivity index (χ0v) is 11.6. The first kappa shape index (κ1) is 12.6. The summed E-state index contributed by atoms with van der Waals surface area (Å²) in [5.74, 6) is 1.51. The van der Waals surface area contributed by atoms with Gasteiger partial charge in [0.1, 0.15) is 17.4 Å². The fraction of sp³-hybridized carbons (Fsp3) is 0.125. The summed E-state index contributed by atoms with van der Waals surface area (Å²) in [5.41, 5.74) is 1.33. The van der Waals surface area contributed by atoms with Crippen LogP contribution in [0, 0.1) is 0 Å². The molecular weight excluding hydrogens is 292 g/mol. The molecule has 1 aliphatic heterocycles. The van der Waals surface area contributed by atoms with Crippen molar-refractivity contribution in [2.75, 3.05) is 6.79 Å². The summed E-state index contributed by atoms with van der Waals surface area (Å²) < 4.78 is 16.3. The maximum atomic E-state index is 10.5. The minimum absolute atomic E-state index is 0.138. The van der Waals surface area contributed by atoms with E-state index < -0.39 is 6.10 Å². The molecule has 1 N–H and O–H groups in total. The van der Waals surface area contributed by atoms with Gasteiger partial charge in [0.15, 0.2) is 11.5 Å². The zero-order chi connectivity index (χ0) is 14.4. The van der Waals surface area contributed by atoms with E-state index in [0.717, 1.165) is 11.0 Å². The molecule has 1 aliphatic rings. The predicted octanol–water partition coefficient (Wildman–Crippen LogP) is 3.90. The van der Waals surface area contributed by atoms with Crippen LogP contribution in [0.5, 0.6) is 11.5 Å². The summed E-state index contributed by atoms with van der Waals surface area (Å²) >= 11 is 6.14. The highest BCUT2D eigenvalue weighted by atomic mass is 35.5. The fourth-order valence-electron chi connectivity index (χ4n) is 2.45. The van der Waals surface area contributed by atoms with Gasteiger partial charge in [-0.05, 0) is 29.8 Å². The second-order valence-corrected chi connectivity index (χ2v) is 5.23. The Morgan fingerprint density at radius 2 is 1.95 bits per heavy atom. The van der Waals surface area contributed by atoms with E-state index in [1.54, 1.807) is 12.1 Å². The van der Waals surface area contributed by atoms with Crippen molar-refractivity contribution < 1.29 is 19.0 Å². The summed E-state index contributed by atoms with van der Waals surface area (Å²) in [4.78, 5) is 0. The molecule has 106 valence electrons. The number of aliphatic hydroxyl groups is 1. The molecule has 0 spiro atoms. The van der Waals surface area contributed by atoms with Crippen LogP contribution in [-0.4, -0.2) is 11.9 Å². The van der Waals surface area contributed by atoms with E-state index in [2.05, 4.69) is 0 Å². The van der Waals surface area contributed by atoms with Crippen molar-refractivity contribution in [2.24, 2.45) is 0 Å². The standard InChI is InChI=1S/C16H11ClO4/c17-11-5-10(7-14-16(11)20-8-19-14)15(18)13-6-9-3-1-2-4-12(9)21-13/h1-7,15,18H,8H2. The van der Waals surface area contributed by atoms with Crippen LogP contribution in [0.3, 0.4) is 0 Å². The maximum absolute atomic E-state index is 10.5. The van der Waals surface area contributed by atoms with Crippen LogP contribution >= 0.6 is 11.6 Å². The van der Waals surface area contributed by atoms with E-state index in [4.69, 9.17) is 25.5 Å². The van der Waals surface area contributed by atoms with Gasteiger partial charge in [0.05, 0.1) is 5.02 Å². The molecule has 0 fully saturated rings. The zero-order valence-electron chi connectivity index (χ0n) is 10.9. The van der Waals surface area contributed by atoms with E-state index in [-0.39, 0.29) is 6.79 Å². The van der Waals surface area contributed by atoms with Gasteiger partial charge in [-0.3, -0.25) is 0 Å². The SMILES string of the molecule is OC(c1cc(Cl)c2c(c1)OCO2)c1cc2ccccc2o1. The molecule has 4 nitrogen and oxygen atoms in total. The molecule has 21 heavy (non-hydrogen) atoms. The Morgan fingerprint density at radius 3 is 2.81 bits per heavy atom. The third-order valence-corrected chi connectivity index (χ3v) is 3.76. The summed E-state index contributed by atoms with van der Waals surface area (Å²) in [6.45, 7) is 0.138. The molecule has 2 heterocycles. The number of hydrogen-bond acceptors (Lipinski definition) is 4. The van der Waals surface area contributed by atoms with E-state index in [0.29, 0.717) is 27.8 Å². The molecule has 0 radical (unpaired) electrons. The Morgan fingerprint density at radius 1 is 1.10 bits per heavy atom. The molecule has 1 atom stereocenters. The monoisotopic (exact) mass is 302 g/mol. The number of hydrogen-bond donors (Lipinski definition) is 1. The second kappa shape index (κ2) is 4.69. The Labute approximate surface area is 125 Å². The van der Waals surface area contributed by atoms with Crippen LogP contribution in [0.25, 0.3) is 11.0 Å². The van der Waals surface area contributed by atoms with Crippen LogP contribution in [0.1, 0.15) is 17.4 Å². The quantitative estimate of drug-likeness (QED) is 0.780. The van der Waals surface area contributed by atoms with Crippen LogP contribution in [0.15, 0.2) is 46.9 Å². The Hall–Kier alpha value is -2.17. The van der Waals surface area contributed by atoms with Gasteiger partial charge in [-0.15, -0.1) is 0 Å². The molecule has 1 unspecified atom stereocenters. The second-order valence-electron chi connectivity index (χ2n) is 4.83. The first-order valence-electron chi connectivity index (χ1n) is 6.48. The molecule has 4 rings (SSSR count). The van der Waals surface area contributed by atoms with Crippen molar-refractivity contribution in [3.63, 3.8) is 0 Å². The smallest absolute Gasteiger partial charge is 0.231 e. The van der Waals surface area contributed by atoms with E-state index >= 15 is 0 Å². The molecule has 1 aromatic heterocycles. The number of benzene rings is 2. The van der Waals surface area contributed by atoms with Gasteiger partial charge in [0, 0.05) is 5.39 Å². The van der Waals surface area contributed by atoms with Crippen LogP contribution < -0.4 is 9.47 Å². The average molecular weight is 303 g/mol. The van der Waals surface area contributed by atoms with Crippen molar-refractivity contribution in [1.29, 1.82) is 0 Å². The Bertz CT molecular complexity index is 791. The lowest BCUT2D eigenvalue weighted by Gasteiger charge is -2.10. The molecule has 0 saturated carbocycles. The Kier molecular flexibility index (Phi) is 2.80. The lowest BCUT2D eigenvalue weighted by atomic mass is 10.1. The maximum Gasteiger partial charge on any atom is 0.231 e. The molecular formula is C16H11ClO4. The van der Waals surface area contributed by atoms with Gasteiger partial charge in [-0.25, -0.2) is 0 Å². The van der Waals surface area contributed by atoms with Gasteiger partial charge < -0.3 is 19.0 Å². The highest BCUT2D eigenvalue weighted by Crippen LogP contribution is 2.42. The third-order valence-electron chi connectivity index (χ3n) is 3.48. The van der Waals surface area contributed by atoms with Crippen molar-refractivity contribution >= 4 is 22.6 Å². The number of fused-ring (bicyclic) bond motifs is 2. The van der Waals surface area contributed by atoms with Crippen molar-refractivity contribution in [1.82, 2.24) is 0 Å². The summed E-state index contributed by atoms with van der Waals surface area (Å²) in [5, 5.41) is 11.9. The lowest BCUT2D eigenvalue weighted by molar-refractivity contribution is 0.173. The number of para-hydroxylation sites is 1. The van der Waals surface area contributed by atoms with Crippen LogP contribution in [0.4, 0.5) is 0 Å². The number of aliphatic hydroxyl groups excluding tert-OH is 1. The summed E-state index contributed by atoms with van der Waals surface area (Å²) in [6, 6.07) is 12.8. The van der Waals surface area contributed by atoms with Crippen LogP contribution in [-0.2, 0) is 0 Å². The highest BCUT2D eigenvalue weighted by molar-refractivity contribution is 6.32. The first-order valence-corrected chi connectivity index (χ1v) is 6.86. The third kappa shape index (κ3) is 2.04. The lowest BCUT2D eigenvalue weighted by Crippen LogP contribution is -1.98. The van der Waals surface area contributed by atoms with Gasteiger partial charge in [0.25, 0.3) is 0 Å². The fourth-order valence-corrected chi connectivity index (χ4v) is 2.72. The average Bonchev–Trinajstić information content (AvgIpc) is 3.12. The van der Waals surface area contributed by atoms with E-state index in [1.807, 2.05) is 30.3 Å².